The number of aromatic amines is 1. The maximum atomic E-state index is 11.3. The van der Waals surface area contributed by atoms with E-state index in [0.29, 0.717) is 12.4 Å². The van der Waals surface area contributed by atoms with Gasteiger partial charge in [-0.2, -0.15) is 0 Å². The van der Waals surface area contributed by atoms with Crippen LogP contribution in [0, 0.1) is 0 Å². The summed E-state index contributed by atoms with van der Waals surface area (Å²) in [6.45, 7) is 2.05. The van der Waals surface area contributed by atoms with Gasteiger partial charge in [0.15, 0.2) is 6.61 Å². The van der Waals surface area contributed by atoms with Crippen LogP contribution in [-0.2, 0) is 9.53 Å². The Morgan fingerprint density at radius 3 is 2.77 bits per heavy atom. The molecule has 112 valence electrons. The Balaban J connectivity index is 1.79. The van der Waals surface area contributed by atoms with Crippen molar-refractivity contribution in [3.8, 4) is 17.1 Å². The fourth-order valence-corrected chi connectivity index (χ4v) is 2.23. The molecular formula is C17H16N2O3. The van der Waals surface area contributed by atoms with Gasteiger partial charge < -0.3 is 14.5 Å². The summed E-state index contributed by atoms with van der Waals surface area (Å²) in [6, 6.07) is 11.8. The summed E-state index contributed by atoms with van der Waals surface area (Å²) in [5.41, 5.74) is 1.03. The van der Waals surface area contributed by atoms with E-state index in [1.54, 1.807) is 19.3 Å². The van der Waals surface area contributed by atoms with E-state index in [2.05, 4.69) is 16.0 Å². The molecule has 5 heteroatoms. The average Bonchev–Trinajstić information content (AvgIpc) is 3.07. The molecule has 0 unspecified atom stereocenters. The summed E-state index contributed by atoms with van der Waals surface area (Å²) in [4.78, 5) is 18.6. The van der Waals surface area contributed by atoms with E-state index < -0.39 is 0 Å². The van der Waals surface area contributed by atoms with Gasteiger partial charge in [0.2, 0.25) is 0 Å². The first-order valence-corrected chi connectivity index (χ1v) is 7.08. The number of H-pyrrole nitrogens is 1. The Morgan fingerprint density at radius 1 is 1.18 bits per heavy atom. The number of ether oxygens (including phenoxy) is 2. The molecule has 0 atom stereocenters. The van der Waals surface area contributed by atoms with Gasteiger partial charge in [0.1, 0.15) is 11.6 Å². The van der Waals surface area contributed by atoms with Gasteiger partial charge in [-0.25, -0.2) is 9.78 Å². The summed E-state index contributed by atoms with van der Waals surface area (Å²) in [7, 11) is 0. The Morgan fingerprint density at radius 2 is 2.00 bits per heavy atom. The third kappa shape index (κ3) is 3.09. The summed E-state index contributed by atoms with van der Waals surface area (Å²) in [5, 5.41) is 2.12. The first-order chi connectivity index (χ1) is 10.8. The highest BCUT2D eigenvalue weighted by molar-refractivity contribution is 5.87. The van der Waals surface area contributed by atoms with Crippen molar-refractivity contribution in [3.05, 3.63) is 48.8 Å². The lowest BCUT2D eigenvalue weighted by Crippen LogP contribution is -2.14. The molecule has 0 aliphatic heterocycles. The summed E-state index contributed by atoms with van der Waals surface area (Å²) >= 11 is 0. The number of rotatable bonds is 5. The standard InChI is InChI=1S/C17H16N2O3/c1-2-21-16(20)11-22-15-6-5-12-9-14(4-3-13(12)10-15)17-18-7-8-19-17/h3-10H,2,11H2,1H3,(H,18,19). The van der Waals surface area contributed by atoms with Crippen LogP contribution >= 0.6 is 0 Å². The highest BCUT2D eigenvalue weighted by Crippen LogP contribution is 2.25. The molecule has 0 saturated heterocycles. The van der Waals surface area contributed by atoms with Crippen LogP contribution in [0.25, 0.3) is 22.2 Å². The predicted octanol–water partition coefficient (Wildman–Crippen LogP) is 3.17. The lowest BCUT2D eigenvalue weighted by Gasteiger charge is -2.07. The Labute approximate surface area is 127 Å². The molecule has 2 aromatic carbocycles. The number of nitrogens with one attached hydrogen (secondary N) is 1. The number of hydrogen-bond donors (Lipinski definition) is 1. The van der Waals surface area contributed by atoms with Crippen molar-refractivity contribution in [2.24, 2.45) is 0 Å². The van der Waals surface area contributed by atoms with Crippen molar-refractivity contribution in [3.63, 3.8) is 0 Å². The first-order valence-electron chi connectivity index (χ1n) is 7.08. The molecule has 0 amide bonds. The van der Waals surface area contributed by atoms with Crippen LogP contribution < -0.4 is 4.74 Å². The Hall–Kier alpha value is -2.82. The zero-order chi connectivity index (χ0) is 15.4. The molecule has 3 rings (SSSR count). The first kappa shape index (κ1) is 14.1. The van der Waals surface area contributed by atoms with Gasteiger partial charge in [0, 0.05) is 18.0 Å². The topological polar surface area (TPSA) is 64.2 Å². The van der Waals surface area contributed by atoms with E-state index in [1.165, 1.54) is 0 Å². The van der Waals surface area contributed by atoms with E-state index in [4.69, 9.17) is 9.47 Å². The fraction of sp³-hybridized carbons (Fsp3) is 0.176. The molecule has 1 N–H and O–H groups in total. The van der Waals surface area contributed by atoms with Crippen LogP contribution in [0.15, 0.2) is 48.8 Å². The molecule has 3 aromatic rings. The number of fused-ring (bicyclic) bond motifs is 1. The van der Waals surface area contributed by atoms with Crippen molar-refractivity contribution in [2.75, 3.05) is 13.2 Å². The normalized spacial score (nSPS) is 10.6. The quantitative estimate of drug-likeness (QED) is 0.734. The van der Waals surface area contributed by atoms with Crippen LogP contribution in [0.2, 0.25) is 0 Å². The van der Waals surface area contributed by atoms with Crippen molar-refractivity contribution in [1.82, 2.24) is 9.97 Å². The molecule has 0 radical (unpaired) electrons. The third-order valence-corrected chi connectivity index (χ3v) is 3.25. The maximum absolute atomic E-state index is 11.3. The molecule has 0 aliphatic rings. The number of hydrogen-bond acceptors (Lipinski definition) is 4. The fourth-order valence-electron chi connectivity index (χ4n) is 2.23. The van der Waals surface area contributed by atoms with Gasteiger partial charge in [-0.3, -0.25) is 0 Å². The predicted molar refractivity (Wildman–Crippen MR) is 83.7 cm³/mol. The summed E-state index contributed by atoms with van der Waals surface area (Å²) < 4.78 is 10.3. The minimum Gasteiger partial charge on any atom is -0.482 e. The molecule has 22 heavy (non-hydrogen) atoms. The van der Waals surface area contributed by atoms with Crippen LogP contribution in [-0.4, -0.2) is 29.2 Å². The van der Waals surface area contributed by atoms with Crippen molar-refractivity contribution in [2.45, 2.75) is 6.92 Å². The van der Waals surface area contributed by atoms with Crippen LogP contribution in [0.5, 0.6) is 5.75 Å². The Bertz CT molecular complexity index is 782. The number of nitrogens with zero attached hydrogens (tertiary/aromatic N) is 1. The highest BCUT2D eigenvalue weighted by atomic mass is 16.6. The molecule has 0 fully saturated rings. The zero-order valence-electron chi connectivity index (χ0n) is 12.2. The number of imidazole rings is 1. The molecular weight excluding hydrogens is 280 g/mol. The van der Waals surface area contributed by atoms with E-state index in [9.17, 15) is 4.79 Å². The van der Waals surface area contributed by atoms with Crippen LogP contribution in [0.3, 0.4) is 0 Å². The smallest absolute Gasteiger partial charge is 0.344 e. The van der Waals surface area contributed by atoms with Gasteiger partial charge in [-0.1, -0.05) is 18.2 Å². The molecule has 5 nitrogen and oxygen atoms in total. The summed E-state index contributed by atoms with van der Waals surface area (Å²) in [6.07, 6.45) is 3.53. The second kappa shape index (κ2) is 6.30. The molecule has 0 bridgehead atoms. The average molecular weight is 296 g/mol. The number of benzene rings is 2. The largest absolute Gasteiger partial charge is 0.482 e. The molecule has 0 spiro atoms. The van der Waals surface area contributed by atoms with E-state index >= 15 is 0 Å². The van der Waals surface area contributed by atoms with E-state index in [0.717, 1.165) is 22.2 Å². The number of esters is 1. The van der Waals surface area contributed by atoms with E-state index in [-0.39, 0.29) is 12.6 Å². The SMILES string of the molecule is CCOC(=O)COc1ccc2cc(-c3ncc[nH]3)ccc2c1. The monoisotopic (exact) mass is 296 g/mol. The van der Waals surface area contributed by atoms with E-state index in [1.807, 2.05) is 30.3 Å². The molecule has 0 aliphatic carbocycles. The lowest BCUT2D eigenvalue weighted by atomic mass is 10.1. The molecule has 1 heterocycles. The molecule has 0 saturated carbocycles. The second-order valence-corrected chi connectivity index (χ2v) is 4.76. The zero-order valence-corrected chi connectivity index (χ0v) is 12.2. The number of carbonyl (C=O) groups excluding carboxylic acids is 1. The third-order valence-electron chi connectivity index (χ3n) is 3.25. The maximum Gasteiger partial charge on any atom is 0.344 e. The van der Waals surface area contributed by atoms with Gasteiger partial charge in [-0.05, 0) is 35.9 Å². The second-order valence-electron chi connectivity index (χ2n) is 4.76. The number of carbonyl (C=O) groups is 1. The lowest BCUT2D eigenvalue weighted by molar-refractivity contribution is -0.145. The highest BCUT2D eigenvalue weighted by Gasteiger charge is 2.05. The van der Waals surface area contributed by atoms with Crippen molar-refractivity contribution < 1.29 is 14.3 Å². The minimum atomic E-state index is -0.365. The summed E-state index contributed by atoms with van der Waals surface area (Å²) in [5.74, 6) is 1.12. The number of aromatic nitrogens is 2. The van der Waals surface area contributed by atoms with Gasteiger partial charge in [0.25, 0.3) is 0 Å². The molecule has 1 aromatic heterocycles. The van der Waals surface area contributed by atoms with Crippen LogP contribution in [0.1, 0.15) is 6.92 Å². The van der Waals surface area contributed by atoms with Crippen molar-refractivity contribution in [1.29, 1.82) is 0 Å². The van der Waals surface area contributed by atoms with Gasteiger partial charge in [-0.15, -0.1) is 0 Å². The van der Waals surface area contributed by atoms with Gasteiger partial charge >= 0.3 is 5.97 Å². The van der Waals surface area contributed by atoms with Crippen molar-refractivity contribution >= 4 is 16.7 Å². The Kier molecular flexibility index (Phi) is 4.05. The van der Waals surface area contributed by atoms with Gasteiger partial charge in [0.05, 0.1) is 6.61 Å². The minimum absolute atomic E-state index is 0.0795. The van der Waals surface area contributed by atoms with Crippen LogP contribution in [0.4, 0.5) is 0 Å².